The monoisotopic (exact) mass is 421 g/mol. The van der Waals surface area contributed by atoms with Crippen LogP contribution in [0.3, 0.4) is 0 Å². The highest BCUT2D eigenvalue weighted by Crippen LogP contribution is 2.19. The highest BCUT2D eigenvalue weighted by Gasteiger charge is 2.19. The van der Waals surface area contributed by atoms with Crippen molar-refractivity contribution in [1.82, 2.24) is 29.6 Å². The van der Waals surface area contributed by atoms with E-state index in [1.807, 2.05) is 60.7 Å². The Morgan fingerprint density at radius 1 is 1.03 bits per heavy atom. The standard InChI is InChI=1S/C20H19N7O2S/c1-14-18(19(29)27(25(14)2)16-11-7-4-8-12-16)21-17(28)13-30-20-22-23-24-26(20)15-9-5-3-6-10-15/h3-12H,13H2,1-2H3,(H,21,28). The van der Waals surface area contributed by atoms with E-state index in [9.17, 15) is 9.59 Å². The fourth-order valence-corrected chi connectivity index (χ4v) is 3.71. The van der Waals surface area contributed by atoms with Crippen LogP contribution in [0.15, 0.2) is 70.6 Å². The van der Waals surface area contributed by atoms with E-state index in [1.54, 1.807) is 23.3 Å². The molecule has 0 unspecified atom stereocenters. The highest BCUT2D eigenvalue weighted by molar-refractivity contribution is 7.99. The van der Waals surface area contributed by atoms with Crippen LogP contribution in [0.1, 0.15) is 5.69 Å². The van der Waals surface area contributed by atoms with Crippen molar-refractivity contribution in [2.45, 2.75) is 12.1 Å². The molecule has 10 heteroatoms. The number of nitrogens with one attached hydrogen (secondary N) is 1. The molecule has 152 valence electrons. The highest BCUT2D eigenvalue weighted by atomic mass is 32.2. The minimum Gasteiger partial charge on any atom is -0.319 e. The number of anilines is 1. The Morgan fingerprint density at radius 3 is 2.33 bits per heavy atom. The second-order valence-corrected chi connectivity index (χ2v) is 7.42. The van der Waals surface area contributed by atoms with E-state index in [2.05, 4.69) is 20.8 Å². The Hall–Kier alpha value is -3.66. The van der Waals surface area contributed by atoms with E-state index in [-0.39, 0.29) is 22.9 Å². The van der Waals surface area contributed by atoms with E-state index in [4.69, 9.17) is 0 Å². The van der Waals surface area contributed by atoms with Gasteiger partial charge in [0.05, 0.1) is 22.8 Å². The van der Waals surface area contributed by atoms with Crippen LogP contribution >= 0.6 is 11.8 Å². The molecule has 2 aromatic heterocycles. The molecule has 0 atom stereocenters. The summed E-state index contributed by atoms with van der Waals surface area (Å²) >= 11 is 1.19. The maximum atomic E-state index is 12.9. The largest absolute Gasteiger partial charge is 0.319 e. The molecule has 0 aliphatic rings. The third kappa shape index (κ3) is 3.77. The van der Waals surface area contributed by atoms with Gasteiger partial charge in [0.25, 0.3) is 5.56 Å². The molecule has 0 radical (unpaired) electrons. The molecule has 2 heterocycles. The van der Waals surface area contributed by atoms with Crippen LogP contribution in [-0.4, -0.2) is 41.2 Å². The van der Waals surface area contributed by atoms with Gasteiger partial charge in [0, 0.05) is 7.05 Å². The summed E-state index contributed by atoms with van der Waals surface area (Å²) in [6.07, 6.45) is 0. The molecule has 0 bridgehead atoms. The minimum absolute atomic E-state index is 0.0618. The van der Waals surface area contributed by atoms with E-state index >= 15 is 0 Å². The van der Waals surface area contributed by atoms with Crippen molar-refractivity contribution < 1.29 is 4.79 Å². The van der Waals surface area contributed by atoms with Gasteiger partial charge in [-0.3, -0.25) is 14.3 Å². The number of hydrogen-bond donors (Lipinski definition) is 1. The molecule has 4 aromatic rings. The molecule has 1 amide bonds. The van der Waals surface area contributed by atoms with Crippen LogP contribution in [-0.2, 0) is 11.8 Å². The van der Waals surface area contributed by atoms with Gasteiger partial charge in [-0.1, -0.05) is 48.2 Å². The second kappa shape index (κ2) is 8.37. The molecule has 0 saturated heterocycles. The maximum Gasteiger partial charge on any atom is 0.295 e. The van der Waals surface area contributed by atoms with E-state index in [0.717, 1.165) is 11.4 Å². The first-order chi connectivity index (χ1) is 14.6. The van der Waals surface area contributed by atoms with Gasteiger partial charge >= 0.3 is 0 Å². The lowest BCUT2D eigenvalue weighted by molar-refractivity contribution is -0.113. The van der Waals surface area contributed by atoms with E-state index in [1.165, 1.54) is 16.4 Å². The minimum atomic E-state index is -0.311. The molecule has 0 aliphatic carbocycles. The molecule has 9 nitrogen and oxygen atoms in total. The molecule has 0 spiro atoms. The summed E-state index contributed by atoms with van der Waals surface area (Å²) in [5.74, 6) is -0.250. The van der Waals surface area contributed by atoms with Gasteiger partial charge in [0.2, 0.25) is 11.1 Å². The van der Waals surface area contributed by atoms with E-state index < -0.39 is 0 Å². The summed E-state index contributed by atoms with van der Waals surface area (Å²) in [6, 6.07) is 18.7. The summed E-state index contributed by atoms with van der Waals surface area (Å²) in [5, 5.41) is 14.9. The number of carbonyl (C=O) groups is 1. The molecule has 0 aliphatic heterocycles. The van der Waals surface area contributed by atoms with Crippen LogP contribution in [0.2, 0.25) is 0 Å². The van der Waals surface area contributed by atoms with Crippen molar-refractivity contribution in [3.63, 3.8) is 0 Å². The summed E-state index contributed by atoms with van der Waals surface area (Å²) in [6.45, 7) is 1.79. The number of benzene rings is 2. The number of thioether (sulfide) groups is 1. The smallest absolute Gasteiger partial charge is 0.295 e. The van der Waals surface area contributed by atoms with Crippen molar-refractivity contribution in [2.24, 2.45) is 7.05 Å². The number of aromatic nitrogens is 6. The Kier molecular flexibility index (Phi) is 5.48. The van der Waals surface area contributed by atoms with Gasteiger partial charge in [0.1, 0.15) is 5.69 Å². The molecule has 2 aromatic carbocycles. The number of carbonyl (C=O) groups excluding carboxylic acids is 1. The van der Waals surface area contributed by atoms with Gasteiger partial charge in [-0.2, -0.15) is 4.68 Å². The predicted octanol–water partition coefficient (Wildman–Crippen LogP) is 2.19. The third-order valence-corrected chi connectivity index (χ3v) is 5.51. The van der Waals surface area contributed by atoms with Crippen LogP contribution in [0.25, 0.3) is 11.4 Å². The zero-order chi connectivity index (χ0) is 21.1. The van der Waals surface area contributed by atoms with Crippen molar-refractivity contribution in [2.75, 3.05) is 11.1 Å². The Bertz CT molecular complexity index is 1230. The van der Waals surface area contributed by atoms with Gasteiger partial charge in [0.15, 0.2) is 0 Å². The molecular weight excluding hydrogens is 402 g/mol. The van der Waals surface area contributed by atoms with Gasteiger partial charge in [-0.05, 0) is 41.6 Å². The number of nitrogens with zero attached hydrogens (tertiary/aromatic N) is 6. The molecule has 0 saturated carbocycles. The number of rotatable bonds is 6. The summed E-state index contributed by atoms with van der Waals surface area (Å²) in [4.78, 5) is 25.5. The van der Waals surface area contributed by atoms with Gasteiger partial charge in [-0.15, -0.1) is 5.10 Å². The zero-order valence-corrected chi connectivity index (χ0v) is 17.2. The Labute approximate surface area is 176 Å². The van der Waals surface area contributed by atoms with Crippen LogP contribution in [0.5, 0.6) is 0 Å². The molecule has 0 fully saturated rings. The first-order valence-corrected chi connectivity index (χ1v) is 10.2. The predicted molar refractivity (Wildman–Crippen MR) is 114 cm³/mol. The van der Waals surface area contributed by atoms with Crippen molar-refractivity contribution >= 4 is 23.4 Å². The molecule has 4 rings (SSSR count). The zero-order valence-electron chi connectivity index (χ0n) is 16.4. The normalized spacial score (nSPS) is 10.9. The van der Waals surface area contributed by atoms with Gasteiger partial charge < -0.3 is 5.32 Å². The van der Waals surface area contributed by atoms with Crippen molar-refractivity contribution in [3.05, 3.63) is 76.7 Å². The van der Waals surface area contributed by atoms with Crippen LogP contribution in [0.4, 0.5) is 5.69 Å². The SMILES string of the molecule is Cc1c(NC(=O)CSc2nnnn2-c2ccccc2)c(=O)n(-c2ccccc2)n1C. The average Bonchev–Trinajstić information content (AvgIpc) is 3.32. The van der Waals surface area contributed by atoms with Crippen molar-refractivity contribution in [3.8, 4) is 11.4 Å². The lowest BCUT2D eigenvalue weighted by Gasteiger charge is -2.07. The summed E-state index contributed by atoms with van der Waals surface area (Å²) in [7, 11) is 1.78. The van der Waals surface area contributed by atoms with Gasteiger partial charge in [-0.25, -0.2) is 4.68 Å². The number of para-hydroxylation sites is 2. The Balaban J connectivity index is 1.50. The van der Waals surface area contributed by atoms with Crippen molar-refractivity contribution in [1.29, 1.82) is 0 Å². The maximum absolute atomic E-state index is 12.9. The summed E-state index contributed by atoms with van der Waals surface area (Å²) < 4.78 is 4.80. The Morgan fingerprint density at radius 2 is 1.67 bits per heavy atom. The average molecular weight is 421 g/mol. The number of hydrogen-bond acceptors (Lipinski definition) is 6. The van der Waals surface area contributed by atoms with E-state index in [0.29, 0.717) is 10.9 Å². The first-order valence-electron chi connectivity index (χ1n) is 9.16. The summed E-state index contributed by atoms with van der Waals surface area (Å²) in [5.41, 5.74) is 2.17. The fourth-order valence-electron chi connectivity index (χ4n) is 3.02. The lowest BCUT2D eigenvalue weighted by Crippen LogP contribution is -2.23. The topological polar surface area (TPSA) is 99.6 Å². The number of tetrazole rings is 1. The van der Waals surface area contributed by atoms with Crippen LogP contribution in [0, 0.1) is 6.92 Å². The molecular formula is C20H19N7O2S. The first kappa shape index (κ1) is 19.6. The second-order valence-electron chi connectivity index (χ2n) is 6.48. The quantitative estimate of drug-likeness (QED) is 0.479. The number of amides is 1. The third-order valence-electron chi connectivity index (χ3n) is 4.59. The van der Waals surface area contributed by atoms with Crippen LogP contribution < -0.4 is 10.9 Å². The molecule has 30 heavy (non-hydrogen) atoms. The fraction of sp³-hybridized carbons (Fsp3) is 0.150. The lowest BCUT2D eigenvalue weighted by atomic mass is 10.3. The molecule has 1 N–H and O–H groups in total.